The minimum Gasteiger partial charge on any atom is -0.392 e. The van der Waals surface area contributed by atoms with Crippen LogP contribution in [0.2, 0.25) is 0 Å². The minimum absolute atomic E-state index is 0.0391. The highest BCUT2D eigenvalue weighted by Crippen LogP contribution is 2.33. The van der Waals surface area contributed by atoms with Gasteiger partial charge in [-0.25, -0.2) is 0 Å². The average molecular weight is 196 g/mol. The van der Waals surface area contributed by atoms with E-state index >= 15 is 0 Å². The highest BCUT2D eigenvalue weighted by Gasteiger charge is 2.27. The van der Waals surface area contributed by atoms with Crippen molar-refractivity contribution in [2.45, 2.75) is 38.6 Å². The molecule has 2 heterocycles. The first-order valence-electron chi connectivity index (χ1n) is 4.99. The Balaban J connectivity index is 2.22. The number of nitrogens with zero attached hydrogens (tertiary/aromatic N) is 2. The maximum absolute atomic E-state index is 9.15. The second kappa shape index (κ2) is 3.71. The molecule has 0 spiro atoms. The summed E-state index contributed by atoms with van der Waals surface area (Å²) in [6.45, 7) is 2.11. The molecule has 4 nitrogen and oxygen atoms in total. The van der Waals surface area contributed by atoms with Crippen molar-refractivity contribution in [2.75, 3.05) is 0 Å². The maximum Gasteiger partial charge on any atom is 0.102 e. The smallest absolute Gasteiger partial charge is 0.102 e. The van der Waals surface area contributed by atoms with Crippen molar-refractivity contribution >= 4 is 0 Å². The number of aromatic nitrogens is 2. The fourth-order valence-corrected chi connectivity index (χ4v) is 1.95. The lowest BCUT2D eigenvalue weighted by atomic mass is 10.1. The van der Waals surface area contributed by atoms with Crippen LogP contribution in [0.25, 0.3) is 0 Å². The van der Waals surface area contributed by atoms with Crippen LogP contribution in [0.4, 0.5) is 0 Å². The molecule has 0 aromatic carbocycles. The van der Waals surface area contributed by atoms with Gasteiger partial charge in [0.15, 0.2) is 0 Å². The van der Waals surface area contributed by atoms with Gasteiger partial charge in [0.1, 0.15) is 6.10 Å². The molecule has 2 atom stereocenters. The van der Waals surface area contributed by atoms with Crippen LogP contribution in [0.1, 0.15) is 37.1 Å². The molecule has 1 aromatic rings. The van der Waals surface area contributed by atoms with Crippen molar-refractivity contribution in [3.63, 3.8) is 0 Å². The molecule has 1 N–H and O–H groups in total. The first-order valence-corrected chi connectivity index (χ1v) is 4.99. The molecule has 14 heavy (non-hydrogen) atoms. The molecule has 0 bridgehead atoms. The van der Waals surface area contributed by atoms with Gasteiger partial charge in [-0.2, -0.15) is 5.10 Å². The summed E-state index contributed by atoms with van der Waals surface area (Å²) in [5, 5.41) is 13.5. The number of aliphatic hydroxyl groups is 1. The van der Waals surface area contributed by atoms with Gasteiger partial charge >= 0.3 is 0 Å². The molecule has 0 aliphatic carbocycles. The molecule has 4 heteroatoms. The molecule has 1 aliphatic heterocycles. The third kappa shape index (κ3) is 1.67. The molecule has 2 rings (SSSR count). The summed E-state index contributed by atoms with van der Waals surface area (Å²) in [6, 6.07) is 0. The topological polar surface area (TPSA) is 47.3 Å². The molecule has 1 fully saturated rings. The first kappa shape index (κ1) is 9.68. The van der Waals surface area contributed by atoms with Crippen molar-refractivity contribution in [2.24, 2.45) is 7.05 Å². The van der Waals surface area contributed by atoms with Gasteiger partial charge in [-0.1, -0.05) is 0 Å². The maximum atomic E-state index is 9.15. The average Bonchev–Trinajstić information content (AvgIpc) is 2.71. The minimum atomic E-state index is 0.0391. The lowest BCUT2D eigenvalue weighted by molar-refractivity contribution is 0.0515. The zero-order valence-electron chi connectivity index (χ0n) is 8.60. The predicted molar refractivity (Wildman–Crippen MR) is 51.7 cm³/mol. The van der Waals surface area contributed by atoms with Gasteiger partial charge < -0.3 is 9.84 Å². The van der Waals surface area contributed by atoms with Gasteiger partial charge in [0.05, 0.1) is 18.4 Å². The highest BCUT2D eigenvalue weighted by molar-refractivity contribution is 5.19. The van der Waals surface area contributed by atoms with Crippen molar-refractivity contribution in [1.29, 1.82) is 0 Å². The Kier molecular flexibility index (Phi) is 2.56. The van der Waals surface area contributed by atoms with E-state index in [0.717, 1.165) is 24.1 Å². The Labute approximate surface area is 83.5 Å². The molecular formula is C10H16N2O2. The Morgan fingerprint density at radius 1 is 1.64 bits per heavy atom. The van der Waals surface area contributed by atoms with Gasteiger partial charge in [0, 0.05) is 18.8 Å². The SMILES string of the molecule is C[C@@H]1CC[C@@H](c2nn(C)cc2CO)O1. The van der Waals surface area contributed by atoms with Gasteiger partial charge in [-0.3, -0.25) is 4.68 Å². The summed E-state index contributed by atoms with van der Waals surface area (Å²) in [5.74, 6) is 0. The van der Waals surface area contributed by atoms with Gasteiger partial charge in [-0.05, 0) is 19.8 Å². The summed E-state index contributed by atoms with van der Waals surface area (Å²) in [4.78, 5) is 0. The zero-order chi connectivity index (χ0) is 10.1. The standard InChI is InChI=1S/C10H16N2O2/c1-7-3-4-9(14-7)10-8(6-13)5-12(2)11-10/h5,7,9,13H,3-4,6H2,1-2H3/t7-,9+/m1/s1. The molecule has 0 amide bonds. The second-order valence-electron chi connectivity index (χ2n) is 3.88. The molecular weight excluding hydrogens is 180 g/mol. The van der Waals surface area contributed by atoms with E-state index in [1.807, 2.05) is 13.2 Å². The van der Waals surface area contributed by atoms with Crippen LogP contribution in [0.5, 0.6) is 0 Å². The molecule has 1 saturated heterocycles. The van der Waals surface area contributed by atoms with Crippen molar-refractivity contribution < 1.29 is 9.84 Å². The van der Waals surface area contributed by atoms with Crippen LogP contribution in [0.15, 0.2) is 6.20 Å². The first-order chi connectivity index (χ1) is 6.70. The quantitative estimate of drug-likeness (QED) is 0.772. The van der Waals surface area contributed by atoms with Crippen LogP contribution in [0, 0.1) is 0 Å². The Morgan fingerprint density at radius 3 is 3.00 bits per heavy atom. The van der Waals surface area contributed by atoms with Gasteiger partial charge in [-0.15, -0.1) is 0 Å². The van der Waals surface area contributed by atoms with E-state index in [2.05, 4.69) is 12.0 Å². The van der Waals surface area contributed by atoms with Crippen LogP contribution in [-0.2, 0) is 18.4 Å². The molecule has 0 saturated carbocycles. The molecule has 78 valence electrons. The zero-order valence-corrected chi connectivity index (χ0v) is 8.60. The second-order valence-corrected chi connectivity index (χ2v) is 3.88. The lowest BCUT2D eigenvalue weighted by Crippen LogP contribution is -2.04. The van der Waals surface area contributed by atoms with E-state index in [1.165, 1.54) is 0 Å². The summed E-state index contributed by atoms with van der Waals surface area (Å²) in [7, 11) is 1.86. The number of rotatable bonds is 2. The van der Waals surface area contributed by atoms with Crippen LogP contribution < -0.4 is 0 Å². The summed E-state index contributed by atoms with van der Waals surface area (Å²) < 4.78 is 7.45. The van der Waals surface area contributed by atoms with E-state index in [9.17, 15) is 0 Å². The molecule has 0 unspecified atom stereocenters. The van der Waals surface area contributed by atoms with Crippen molar-refractivity contribution in [3.8, 4) is 0 Å². The van der Waals surface area contributed by atoms with E-state index in [-0.39, 0.29) is 12.7 Å². The highest BCUT2D eigenvalue weighted by atomic mass is 16.5. The van der Waals surface area contributed by atoms with Gasteiger partial charge in [0.2, 0.25) is 0 Å². The number of aliphatic hydroxyl groups excluding tert-OH is 1. The summed E-state index contributed by atoms with van der Waals surface area (Å²) >= 11 is 0. The van der Waals surface area contributed by atoms with Gasteiger partial charge in [0.25, 0.3) is 0 Å². The van der Waals surface area contributed by atoms with Crippen LogP contribution in [-0.4, -0.2) is 21.0 Å². The van der Waals surface area contributed by atoms with Crippen molar-refractivity contribution in [1.82, 2.24) is 9.78 Å². The largest absolute Gasteiger partial charge is 0.392 e. The van der Waals surface area contributed by atoms with Crippen molar-refractivity contribution in [3.05, 3.63) is 17.5 Å². The number of hydrogen-bond acceptors (Lipinski definition) is 3. The molecule has 1 aromatic heterocycles. The number of aryl methyl sites for hydroxylation is 1. The van der Waals surface area contributed by atoms with E-state index in [4.69, 9.17) is 9.84 Å². The number of ether oxygens (including phenoxy) is 1. The summed E-state index contributed by atoms with van der Waals surface area (Å²) in [5.41, 5.74) is 1.78. The van der Waals surface area contributed by atoms with E-state index < -0.39 is 0 Å². The third-order valence-electron chi connectivity index (χ3n) is 2.64. The van der Waals surface area contributed by atoms with E-state index in [0.29, 0.717) is 6.10 Å². The molecule has 0 radical (unpaired) electrons. The third-order valence-corrected chi connectivity index (χ3v) is 2.64. The summed E-state index contributed by atoms with van der Waals surface area (Å²) in [6.07, 6.45) is 4.32. The Morgan fingerprint density at radius 2 is 2.43 bits per heavy atom. The Hall–Kier alpha value is -0.870. The Bertz CT molecular complexity index is 322. The predicted octanol–water partition coefficient (Wildman–Crippen LogP) is 1.15. The lowest BCUT2D eigenvalue weighted by Gasteiger charge is -2.09. The normalized spacial score (nSPS) is 27.1. The van der Waals surface area contributed by atoms with Crippen LogP contribution >= 0.6 is 0 Å². The van der Waals surface area contributed by atoms with Crippen LogP contribution in [0.3, 0.4) is 0 Å². The van der Waals surface area contributed by atoms with E-state index in [1.54, 1.807) is 4.68 Å². The molecule has 1 aliphatic rings. The fraction of sp³-hybridized carbons (Fsp3) is 0.700. The fourth-order valence-electron chi connectivity index (χ4n) is 1.95. The number of hydrogen-bond donors (Lipinski definition) is 1. The monoisotopic (exact) mass is 196 g/mol.